The first-order valence-electron chi connectivity index (χ1n) is 8.15. The van der Waals surface area contributed by atoms with Crippen LogP contribution in [0.5, 0.6) is 5.75 Å². The maximum absolute atomic E-state index is 13.0. The molecule has 1 amide bonds. The number of amides is 1. The summed E-state index contributed by atoms with van der Waals surface area (Å²) in [5, 5.41) is 4.36. The molecule has 1 fully saturated rings. The van der Waals surface area contributed by atoms with E-state index in [1.165, 1.54) is 6.42 Å². The Bertz CT molecular complexity index is 708. The predicted octanol–water partition coefficient (Wildman–Crippen LogP) is 3.29. The number of benzene rings is 1. The van der Waals surface area contributed by atoms with Crippen molar-refractivity contribution in [1.29, 1.82) is 0 Å². The van der Waals surface area contributed by atoms with Crippen molar-refractivity contribution in [3.63, 3.8) is 0 Å². The van der Waals surface area contributed by atoms with Gasteiger partial charge in [-0.3, -0.25) is 4.79 Å². The molecule has 1 saturated heterocycles. The quantitative estimate of drug-likeness (QED) is 0.934. The van der Waals surface area contributed by atoms with Gasteiger partial charge >= 0.3 is 0 Å². The molecule has 0 aliphatic carbocycles. The second-order valence-corrected chi connectivity index (χ2v) is 7.29. The standard InChI is InChI=1S/C18H24N2O2S/c1-12-15-9-14(22-3)6-7-16(15)23-17(12)18(21)20-8-4-5-13(11-20)10-19-2/h6-7,9,13,19H,4-5,8,10-11H2,1-3H3/t13-/m1/s1. The van der Waals surface area contributed by atoms with Crippen molar-refractivity contribution in [2.24, 2.45) is 5.92 Å². The van der Waals surface area contributed by atoms with E-state index in [0.717, 1.165) is 52.3 Å². The zero-order valence-corrected chi connectivity index (χ0v) is 14.8. The summed E-state index contributed by atoms with van der Waals surface area (Å²) >= 11 is 1.60. The number of rotatable bonds is 4. The molecule has 1 aromatic carbocycles. The first-order valence-corrected chi connectivity index (χ1v) is 8.96. The number of fused-ring (bicyclic) bond motifs is 1. The topological polar surface area (TPSA) is 41.6 Å². The van der Waals surface area contributed by atoms with Crippen molar-refractivity contribution in [2.45, 2.75) is 19.8 Å². The lowest BCUT2D eigenvalue weighted by molar-refractivity contribution is 0.0678. The number of nitrogens with one attached hydrogen (secondary N) is 1. The minimum absolute atomic E-state index is 0.184. The second kappa shape index (κ2) is 6.89. The summed E-state index contributed by atoms with van der Waals surface area (Å²) in [5.74, 6) is 1.58. The zero-order valence-electron chi connectivity index (χ0n) is 14.0. The van der Waals surface area contributed by atoms with Crippen molar-refractivity contribution in [3.05, 3.63) is 28.6 Å². The van der Waals surface area contributed by atoms with Gasteiger partial charge in [-0.15, -0.1) is 11.3 Å². The van der Waals surface area contributed by atoms with E-state index in [-0.39, 0.29) is 5.91 Å². The number of nitrogens with zero attached hydrogens (tertiary/aromatic N) is 1. The van der Waals surface area contributed by atoms with Gasteiger partial charge in [-0.1, -0.05) is 0 Å². The lowest BCUT2D eigenvalue weighted by Crippen LogP contribution is -2.42. The molecule has 1 aliphatic rings. The summed E-state index contributed by atoms with van der Waals surface area (Å²) in [6.07, 6.45) is 2.29. The Morgan fingerprint density at radius 3 is 3.04 bits per heavy atom. The molecule has 1 aromatic heterocycles. The zero-order chi connectivity index (χ0) is 16.4. The van der Waals surface area contributed by atoms with Crippen LogP contribution in [0, 0.1) is 12.8 Å². The van der Waals surface area contributed by atoms with Gasteiger partial charge in [0.1, 0.15) is 5.75 Å². The molecule has 0 bridgehead atoms. The van der Waals surface area contributed by atoms with E-state index in [9.17, 15) is 4.79 Å². The first-order chi connectivity index (χ1) is 11.1. The molecule has 2 heterocycles. The third kappa shape index (κ3) is 3.21. The van der Waals surface area contributed by atoms with Gasteiger partial charge in [-0.25, -0.2) is 0 Å². The van der Waals surface area contributed by atoms with Gasteiger partial charge in [0.15, 0.2) is 0 Å². The summed E-state index contributed by atoms with van der Waals surface area (Å²) in [7, 11) is 3.65. The molecule has 23 heavy (non-hydrogen) atoms. The van der Waals surface area contributed by atoms with Crippen LogP contribution in [0.15, 0.2) is 18.2 Å². The monoisotopic (exact) mass is 332 g/mol. The molecule has 4 nitrogen and oxygen atoms in total. The Morgan fingerprint density at radius 2 is 2.30 bits per heavy atom. The van der Waals surface area contributed by atoms with Crippen LogP contribution in [0.4, 0.5) is 0 Å². The van der Waals surface area contributed by atoms with Crippen LogP contribution in [-0.4, -0.2) is 44.6 Å². The largest absolute Gasteiger partial charge is 0.497 e. The molecule has 1 atom stereocenters. The predicted molar refractivity (Wildman–Crippen MR) is 95.7 cm³/mol. The van der Waals surface area contributed by atoms with E-state index < -0.39 is 0 Å². The van der Waals surface area contributed by atoms with E-state index in [4.69, 9.17) is 4.74 Å². The third-order valence-corrected chi connectivity index (χ3v) is 5.90. The van der Waals surface area contributed by atoms with Crippen LogP contribution in [0.1, 0.15) is 28.1 Å². The number of hydrogen-bond donors (Lipinski definition) is 1. The van der Waals surface area contributed by atoms with Crippen molar-refractivity contribution in [2.75, 3.05) is 33.8 Å². The molecule has 5 heteroatoms. The molecule has 0 unspecified atom stereocenters. The van der Waals surface area contributed by atoms with Crippen LogP contribution in [0.3, 0.4) is 0 Å². The normalized spacial score (nSPS) is 18.4. The number of hydrogen-bond acceptors (Lipinski definition) is 4. The van der Waals surface area contributed by atoms with Gasteiger partial charge in [0.25, 0.3) is 5.91 Å². The lowest BCUT2D eigenvalue weighted by Gasteiger charge is -2.32. The van der Waals surface area contributed by atoms with Crippen LogP contribution in [0.25, 0.3) is 10.1 Å². The van der Waals surface area contributed by atoms with E-state index in [2.05, 4.69) is 5.32 Å². The number of carbonyl (C=O) groups is 1. The van der Waals surface area contributed by atoms with Crippen molar-refractivity contribution >= 4 is 27.3 Å². The molecular weight excluding hydrogens is 308 g/mol. The summed E-state index contributed by atoms with van der Waals surface area (Å²) in [4.78, 5) is 15.9. The molecule has 1 N–H and O–H groups in total. The number of piperidine rings is 1. The summed E-state index contributed by atoms with van der Waals surface area (Å²) < 4.78 is 6.46. The van der Waals surface area contributed by atoms with Crippen molar-refractivity contribution < 1.29 is 9.53 Å². The number of thiophene rings is 1. The van der Waals surface area contributed by atoms with Gasteiger partial charge < -0.3 is 15.0 Å². The van der Waals surface area contributed by atoms with Gasteiger partial charge in [0.05, 0.1) is 12.0 Å². The fraction of sp³-hybridized carbons (Fsp3) is 0.500. The maximum Gasteiger partial charge on any atom is 0.264 e. The summed E-state index contributed by atoms with van der Waals surface area (Å²) in [5.41, 5.74) is 1.07. The lowest BCUT2D eigenvalue weighted by atomic mass is 9.97. The van der Waals surface area contributed by atoms with Crippen molar-refractivity contribution in [3.8, 4) is 5.75 Å². The van der Waals surface area contributed by atoms with Gasteiger partial charge in [-0.05, 0) is 68.4 Å². The van der Waals surface area contributed by atoms with E-state index >= 15 is 0 Å². The molecule has 0 radical (unpaired) electrons. The minimum Gasteiger partial charge on any atom is -0.497 e. The van der Waals surface area contributed by atoms with E-state index in [0.29, 0.717) is 5.92 Å². The van der Waals surface area contributed by atoms with Gasteiger partial charge in [0.2, 0.25) is 0 Å². The fourth-order valence-corrected chi connectivity index (χ4v) is 4.54. The third-order valence-electron chi connectivity index (χ3n) is 4.64. The average Bonchev–Trinajstić information content (AvgIpc) is 2.91. The number of ether oxygens (including phenoxy) is 1. The SMILES string of the molecule is CNC[C@H]1CCCN(C(=O)c2sc3ccc(OC)cc3c2C)C1. The molecule has 124 valence electrons. The highest BCUT2D eigenvalue weighted by Crippen LogP contribution is 2.34. The molecule has 0 saturated carbocycles. The Labute approximate surface area is 141 Å². The Hall–Kier alpha value is -1.59. The fourth-order valence-electron chi connectivity index (χ4n) is 3.38. The summed E-state index contributed by atoms with van der Waals surface area (Å²) in [6.45, 7) is 4.75. The number of carbonyl (C=O) groups excluding carboxylic acids is 1. The van der Waals surface area contributed by atoms with Gasteiger partial charge in [0, 0.05) is 17.8 Å². The van der Waals surface area contributed by atoms with Crippen LogP contribution in [0.2, 0.25) is 0 Å². The van der Waals surface area contributed by atoms with Crippen molar-refractivity contribution in [1.82, 2.24) is 10.2 Å². The molecule has 2 aromatic rings. The van der Waals surface area contributed by atoms with E-state index in [1.807, 2.05) is 37.1 Å². The highest BCUT2D eigenvalue weighted by atomic mass is 32.1. The Morgan fingerprint density at radius 1 is 1.48 bits per heavy atom. The number of methoxy groups -OCH3 is 1. The van der Waals surface area contributed by atoms with Crippen LogP contribution >= 0.6 is 11.3 Å². The van der Waals surface area contributed by atoms with Crippen LogP contribution in [-0.2, 0) is 0 Å². The second-order valence-electron chi connectivity index (χ2n) is 6.24. The number of aryl methyl sites for hydroxylation is 1. The Kier molecular flexibility index (Phi) is 4.87. The minimum atomic E-state index is 0.184. The molecule has 3 rings (SSSR count). The Balaban J connectivity index is 1.87. The van der Waals surface area contributed by atoms with Gasteiger partial charge in [-0.2, -0.15) is 0 Å². The van der Waals surface area contributed by atoms with Crippen LogP contribution < -0.4 is 10.1 Å². The molecule has 1 aliphatic heterocycles. The molecule has 0 spiro atoms. The molecular formula is C18H24N2O2S. The highest BCUT2D eigenvalue weighted by Gasteiger charge is 2.26. The smallest absolute Gasteiger partial charge is 0.264 e. The average molecular weight is 332 g/mol. The first kappa shape index (κ1) is 16.3. The van der Waals surface area contributed by atoms with E-state index in [1.54, 1.807) is 18.4 Å². The number of likely N-dealkylation sites (tertiary alicyclic amines) is 1. The maximum atomic E-state index is 13.0. The summed E-state index contributed by atoms with van der Waals surface area (Å²) in [6, 6.07) is 6.02. The highest BCUT2D eigenvalue weighted by molar-refractivity contribution is 7.21.